The van der Waals surface area contributed by atoms with Crippen LogP contribution in [0.1, 0.15) is 0 Å². The lowest BCUT2D eigenvalue weighted by molar-refractivity contribution is 0.141. The van der Waals surface area contributed by atoms with E-state index in [4.69, 9.17) is 5.26 Å². The summed E-state index contributed by atoms with van der Waals surface area (Å²) in [6, 6.07) is 0. The van der Waals surface area contributed by atoms with Gasteiger partial charge in [0.1, 0.15) is 0 Å². The van der Waals surface area contributed by atoms with Gasteiger partial charge in [0.25, 0.3) is 6.79 Å². The van der Waals surface area contributed by atoms with E-state index >= 15 is 0 Å². The zero-order valence-corrected chi connectivity index (χ0v) is 4.76. The van der Waals surface area contributed by atoms with Crippen molar-refractivity contribution in [3.8, 4) is 5.69 Å². The number of methoxy groups -OCH3 is 1. The van der Waals surface area contributed by atoms with E-state index < -0.39 is 0 Å². The molecule has 0 atom stereocenters. The molecule has 3 nitrogen and oxygen atoms in total. The molecule has 4 radical (unpaired) electrons. The molecule has 0 aliphatic heterocycles. The number of hydrogen-bond donors (Lipinski definition) is 0. The average molecular weight is 113 g/mol. The van der Waals surface area contributed by atoms with E-state index in [-0.39, 0.29) is 9.76 Å². The Kier molecular flexibility index (Phi) is 5.33. The van der Waals surface area contributed by atoms with Crippen molar-refractivity contribution in [2.45, 2.75) is 0 Å². The van der Waals surface area contributed by atoms with E-state index in [0.29, 0.717) is 0 Å². The first-order valence-corrected chi connectivity index (χ1v) is 2.40. The van der Waals surface area contributed by atoms with Crippen LogP contribution in [0.4, 0.5) is 0 Å². The first-order chi connectivity index (χ1) is 3.41. The fourth-order valence-corrected chi connectivity index (χ4v) is 0.256. The minimum absolute atomic E-state index is 0.209. The highest BCUT2D eigenvalue weighted by atomic mass is 28.2. The molecule has 0 unspecified atom stereocenters. The molecule has 0 bridgehead atoms. The van der Waals surface area contributed by atoms with Gasteiger partial charge in [-0.2, -0.15) is 0 Å². The van der Waals surface area contributed by atoms with Gasteiger partial charge in [-0.1, -0.05) is 0 Å². The molecule has 0 saturated heterocycles. The highest BCUT2D eigenvalue weighted by molar-refractivity contribution is 6.37. The Hall–Kier alpha value is -0.373. The normalized spacial score (nSPS) is 8.00. The van der Waals surface area contributed by atoms with Crippen molar-refractivity contribution >= 4 is 9.76 Å². The highest BCUT2D eigenvalue weighted by Crippen LogP contribution is 1.74. The summed E-state index contributed by atoms with van der Waals surface area (Å²) in [5.41, 5.74) is 1.77. The second kappa shape index (κ2) is 5.63. The molecule has 0 aliphatic carbocycles. The fourth-order valence-electron chi connectivity index (χ4n) is 0.0853. The van der Waals surface area contributed by atoms with Crippen molar-refractivity contribution in [3.63, 3.8) is 0 Å². The summed E-state index contributed by atoms with van der Waals surface area (Å²) in [5, 5.41) is 7.83. The third-order valence-electron chi connectivity index (χ3n) is 0.222. The molecule has 4 heteroatoms. The Morgan fingerprint density at radius 1 is 1.71 bits per heavy atom. The standard InChI is InChI=1S/C3H3NO2Si/c1-5-3-6-7-2-4/h1H3. The third kappa shape index (κ3) is 5.63. The predicted octanol–water partition coefficient (Wildman–Crippen LogP) is -0.254. The summed E-state index contributed by atoms with van der Waals surface area (Å²) in [6.45, 7) is 2.04. The van der Waals surface area contributed by atoms with Gasteiger partial charge in [-0.05, 0) is 0 Å². The lowest BCUT2D eigenvalue weighted by Crippen LogP contribution is -1.92. The van der Waals surface area contributed by atoms with Crippen LogP contribution in [-0.4, -0.2) is 16.9 Å². The molecule has 36 valence electrons. The molecule has 0 aromatic rings. The van der Waals surface area contributed by atoms with Crippen LogP contribution in [0.5, 0.6) is 0 Å². The van der Waals surface area contributed by atoms with Crippen LogP contribution in [0.2, 0.25) is 0 Å². The van der Waals surface area contributed by atoms with Crippen molar-refractivity contribution in [2.24, 2.45) is 0 Å². The Morgan fingerprint density at radius 2 is 2.43 bits per heavy atom. The van der Waals surface area contributed by atoms with Crippen molar-refractivity contribution < 1.29 is 9.16 Å². The summed E-state index contributed by atoms with van der Waals surface area (Å²) in [4.78, 5) is 0. The van der Waals surface area contributed by atoms with E-state index in [9.17, 15) is 0 Å². The zero-order valence-electron chi connectivity index (χ0n) is 3.76. The molecule has 0 aromatic heterocycles. The summed E-state index contributed by atoms with van der Waals surface area (Å²) in [5.74, 6) is 0. The van der Waals surface area contributed by atoms with E-state index in [1.165, 1.54) is 7.11 Å². The maximum atomic E-state index is 7.83. The van der Waals surface area contributed by atoms with Gasteiger partial charge in [0.2, 0.25) is 0 Å². The van der Waals surface area contributed by atoms with E-state index in [0.717, 1.165) is 0 Å². The Morgan fingerprint density at radius 3 is 2.86 bits per heavy atom. The van der Waals surface area contributed by atoms with Gasteiger partial charge in [0.15, 0.2) is 0 Å². The molecule has 0 rings (SSSR count). The summed E-state index contributed by atoms with van der Waals surface area (Å²) in [7, 11) is 1.20. The van der Waals surface area contributed by atoms with Crippen LogP contribution in [0, 0.1) is 17.7 Å². The molecule has 0 amide bonds. The van der Waals surface area contributed by atoms with E-state index in [2.05, 4.69) is 9.16 Å². The first kappa shape index (κ1) is 6.63. The Labute approximate surface area is 44.8 Å². The van der Waals surface area contributed by atoms with Crippen LogP contribution in [0.3, 0.4) is 0 Å². The van der Waals surface area contributed by atoms with Crippen LogP contribution in [-0.2, 0) is 9.16 Å². The lowest BCUT2D eigenvalue weighted by atomic mass is 11.4. The van der Waals surface area contributed by atoms with Crippen LogP contribution in [0.25, 0.3) is 0 Å². The lowest BCUT2D eigenvalue weighted by Gasteiger charge is -1.86. The molecule has 0 fully saturated rings. The van der Waals surface area contributed by atoms with Gasteiger partial charge in [-0.3, -0.25) is 0 Å². The topological polar surface area (TPSA) is 42.2 Å². The number of ether oxygens (including phenoxy) is 1. The fraction of sp³-hybridized carbons (Fsp3) is 0.333. The number of nitriles is 1. The second-order valence-electron chi connectivity index (χ2n) is 0.603. The molecule has 7 heavy (non-hydrogen) atoms. The molecular weight excluding hydrogens is 110 g/mol. The van der Waals surface area contributed by atoms with Gasteiger partial charge in [-0.25, -0.2) is 5.26 Å². The largest absolute Gasteiger partial charge is 0.374 e. The molecule has 0 heterocycles. The quantitative estimate of drug-likeness (QED) is 0.374. The number of hydrogen-bond acceptors (Lipinski definition) is 3. The van der Waals surface area contributed by atoms with Crippen LogP contribution < -0.4 is 0 Å². The highest BCUT2D eigenvalue weighted by Gasteiger charge is 1.85. The first-order valence-electron chi connectivity index (χ1n) is 1.49. The smallest absolute Gasteiger partial charge is 0.366 e. The minimum atomic E-state index is -0.209. The molecule has 0 spiro atoms. The predicted molar refractivity (Wildman–Crippen MR) is 22.7 cm³/mol. The monoisotopic (exact) mass is 113 g/mol. The van der Waals surface area contributed by atoms with Gasteiger partial charge in [-0.15, -0.1) is 0 Å². The maximum absolute atomic E-state index is 7.83. The molecule has 0 aromatic carbocycles. The van der Waals surface area contributed by atoms with Crippen LogP contribution in [0.15, 0.2) is 0 Å². The number of nitrogens with zero attached hydrogens (tertiary/aromatic N) is 1. The van der Waals surface area contributed by atoms with Crippen molar-refractivity contribution in [1.29, 1.82) is 5.26 Å². The summed E-state index contributed by atoms with van der Waals surface area (Å²) < 4.78 is 8.55. The Balaban J connectivity index is 2.60. The Bertz CT molecular complexity index is 69.8. The molecule has 0 aliphatic rings. The van der Waals surface area contributed by atoms with Gasteiger partial charge < -0.3 is 9.16 Å². The molecular formula is C3H3NO2Si. The van der Waals surface area contributed by atoms with Crippen molar-refractivity contribution in [2.75, 3.05) is 7.11 Å². The van der Waals surface area contributed by atoms with E-state index in [1.807, 2.05) is 6.79 Å². The third-order valence-corrected chi connectivity index (χ3v) is 0.498. The molecule has 0 N–H and O–H groups in total. The van der Waals surface area contributed by atoms with Crippen LogP contribution >= 0.6 is 0 Å². The van der Waals surface area contributed by atoms with Gasteiger partial charge in [0, 0.05) is 7.11 Å². The van der Waals surface area contributed by atoms with E-state index in [1.54, 1.807) is 5.69 Å². The number of rotatable bonds is 3. The maximum Gasteiger partial charge on any atom is 0.374 e. The average Bonchev–Trinajstić information content (AvgIpc) is 1.69. The second-order valence-corrected chi connectivity index (χ2v) is 1.24. The minimum Gasteiger partial charge on any atom is -0.366 e. The molecule has 0 saturated carbocycles. The van der Waals surface area contributed by atoms with Crippen molar-refractivity contribution in [3.05, 3.63) is 6.79 Å². The van der Waals surface area contributed by atoms with Gasteiger partial charge >= 0.3 is 9.76 Å². The van der Waals surface area contributed by atoms with Crippen molar-refractivity contribution in [1.82, 2.24) is 0 Å². The summed E-state index contributed by atoms with van der Waals surface area (Å²) >= 11 is 0. The zero-order chi connectivity index (χ0) is 5.54. The SMILES string of the molecule is CO[C]O[Si]C#N. The van der Waals surface area contributed by atoms with Gasteiger partial charge in [0.05, 0.1) is 5.69 Å². The summed E-state index contributed by atoms with van der Waals surface area (Å²) in [6.07, 6.45) is 0.